The highest BCUT2D eigenvalue weighted by Crippen LogP contribution is 2.63. The molecule has 4 aliphatic carbocycles. The highest BCUT2D eigenvalue weighted by Gasteiger charge is 2.51. The number of hydrogen-bond donors (Lipinski definition) is 0. The van der Waals surface area contributed by atoms with Crippen molar-refractivity contribution >= 4 is 28.6 Å². The van der Waals surface area contributed by atoms with Gasteiger partial charge in [-0.2, -0.15) is 0 Å². The van der Waals surface area contributed by atoms with Crippen LogP contribution in [0.4, 0.5) is 0 Å². The molecular weight excluding hydrogens is 266 g/mol. The Labute approximate surface area is 106 Å². The zero-order valence-corrected chi connectivity index (χ0v) is 11.6. The Kier molecular flexibility index (Phi) is 2.87. The summed E-state index contributed by atoms with van der Waals surface area (Å²) in [5.41, 5.74) is 0.244. The molecule has 16 heavy (non-hydrogen) atoms. The minimum Gasteiger partial charge on any atom is -0.306 e. The van der Waals surface area contributed by atoms with Gasteiger partial charge < -0.3 is 4.52 Å². The van der Waals surface area contributed by atoms with Crippen molar-refractivity contribution in [1.29, 1.82) is 0 Å². The van der Waals surface area contributed by atoms with E-state index in [2.05, 4.69) is 0 Å². The lowest BCUT2D eigenvalue weighted by Crippen LogP contribution is -2.47. The molecule has 0 radical (unpaired) electrons. The molecule has 0 atom stereocenters. The van der Waals surface area contributed by atoms with E-state index in [1.165, 1.54) is 38.5 Å². The van der Waals surface area contributed by atoms with Crippen molar-refractivity contribution in [2.24, 2.45) is 23.2 Å². The van der Waals surface area contributed by atoms with Crippen molar-refractivity contribution in [3.8, 4) is 0 Å². The molecule has 0 aromatic heterocycles. The fourth-order valence-electron chi connectivity index (χ4n) is 4.68. The predicted molar refractivity (Wildman–Crippen MR) is 65.9 cm³/mol. The SMILES string of the molecule is O=P(Cl)(Cl)OCC12CC3CC(CC(C3)C1)C2. The maximum absolute atomic E-state index is 11.2. The zero-order chi connectivity index (χ0) is 11.4. The number of rotatable bonds is 3. The van der Waals surface area contributed by atoms with Crippen LogP contribution in [0.3, 0.4) is 0 Å². The molecule has 0 amide bonds. The van der Waals surface area contributed by atoms with Crippen molar-refractivity contribution < 1.29 is 9.09 Å². The molecule has 4 fully saturated rings. The Morgan fingerprint density at radius 2 is 1.50 bits per heavy atom. The lowest BCUT2D eigenvalue weighted by molar-refractivity contribution is -0.0732. The average molecular weight is 283 g/mol. The average Bonchev–Trinajstić information content (AvgIpc) is 2.11. The first-order valence-corrected chi connectivity index (χ1v) is 9.52. The van der Waals surface area contributed by atoms with E-state index in [0.29, 0.717) is 6.61 Å². The van der Waals surface area contributed by atoms with Crippen LogP contribution in [0.5, 0.6) is 0 Å². The molecule has 5 heteroatoms. The summed E-state index contributed by atoms with van der Waals surface area (Å²) in [4.78, 5) is 0. The van der Waals surface area contributed by atoms with Gasteiger partial charge in [-0.3, -0.25) is 4.57 Å². The molecule has 0 N–H and O–H groups in total. The summed E-state index contributed by atoms with van der Waals surface area (Å²) in [5, 5.41) is 0. The lowest BCUT2D eigenvalue weighted by Gasteiger charge is -2.56. The maximum Gasteiger partial charge on any atom is 0.380 e. The third-order valence-electron chi connectivity index (χ3n) is 4.69. The first-order chi connectivity index (χ1) is 7.44. The van der Waals surface area contributed by atoms with E-state index in [-0.39, 0.29) is 5.41 Å². The largest absolute Gasteiger partial charge is 0.380 e. The van der Waals surface area contributed by atoms with Gasteiger partial charge in [0.25, 0.3) is 0 Å². The van der Waals surface area contributed by atoms with E-state index in [0.717, 1.165) is 17.8 Å². The Hall–Kier alpha value is 0.770. The van der Waals surface area contributed by atoms with E-state index in [9.17, 15) is 4.57 Å². The Balaban J connectivity index is 1.71. The van der Waals surface area contributed by atoms with Gasteiger partial charge >= 0.3 is 6.07 Å². The maximum atomic E-state index is 11.2. The molecule has 0 aromatic carbocycles. The van der Waals surface area contributed by atoms with Crippen molar-refractivity contribution in [1.82, 2.24) is 0 Å². The molecule has 4 saturated carbocycles. The number of hydrogen-bond acceptors (Lipinski definition) is 2. The summed E-state index contributed by atoms with van der Waals surface area (Å²) in [7, 11) is 0. The summed E-state index contributed by atoms with van der Waals surface area (Å²) >= 11 is 10.9. The Bertz CT molecular complexity index is 304. The lowest BCUT2D eigenvalue weighted by atomic mass is 9.50. The van der Waals surface area contributed by atoms with E-state index in [1.807, 2.05) is 0 Å². The van der Waals surface area contributed by atoms with Crippen molar-refractivity contribution in [3.63, 3.8) is 0 Å². The highest BCUT2D eigenvalue weighted by molar-refractivity contribution is 8.05. The molecule has 0 spiro atoms. The molecule has 0 heterocycles. The Morgan fingerprint density at radius 1 is 1.06 bits per heavy atom. The van der Waals surface area contributed by atoms with Gasteiger partial charge in [0.05, 0.1) is 6.61 Å². The van der Waals surface area contributed by atoms with Gasteiger partial charge in [-0.05, 0) is 84.2 Å². The van der Waals surface area contributed by atoms with Crippen LogP contribution >= 0.6 is 28.6 Å². The first kappa shape index (κ1) is 11.8. The molecule has 0 aliphatic heterocycles. The summed E-state index contributed by atoms with van der Waals surface area (Å²) in [6.45, 7) is 0.501. The minimum atomic E-state index is -3.34. The standard InChI is InChI=1S/C11H17Cl2O2P/c12-16(13,14)15-7-11-4-8-1-9(5-11)3-10(2-8)6-11/h8-10H,1-7H2. The van der Waals surface area contributed by atoms with Gasteiger partial charge in [-0.15, -0.1) is 0 Å². The normalized spacial score (nSPS) is 46.2. The van der Waals surface area contributed by atoms with E-state index in [4.69, 9.17) is 27.0 Å². The van der Waals surface area contributed by atoms with E-state index < -0.39 is 6.07 Å². The fraction of sp³-hybridized carbons (Fsp3) is 1.00. The summed E-state index contributed by atoms with van der Waals surface area (Å²) < 4.78 is 16.4. The van der Waals surface area contributed by atoms with Crippen LogP contribution in [0.25, 0.3) is 0 Å². The van der Waals surface area contributed by atoms with Gasteiger partial charge in [-0.1, -0.05) is 0 Å². The molecule has 4 bridgehead atoms. The molecule has 0 unspecified atom stereocenters. The van der Waals surface area contributed by atoms with Gasteiger partial charge in [-0.25, -0.2) is 0 Å². The third-order valence-corrected chi connectivity index (χ3v) is 5.70. The quantitative estimate of drug-likeness (QED) is 0.695. The van der Waals surface area contributed by atoms with Crippen LogP contribution in [-0.2, 0) is 9.09 Å². The minimum absolute atomic E-state index is 0.244. The van der Waals surface area contributed by atoms with Gasteiger partial charge in [0.15, 0.2) is 0 Å². The molecule has 92 valence electrons. The van der Waals surface area contributed by atoms with E-state index in [1.54, 1.807) is 0 Å². The van der Waals surface area contributed by atoms with Crippen LogP contribution in [0.1, 0.15) is 38.5 Å². The van der Waals surface area contributed by atoms with Gasteiger partial charge in [0.1, 0.15) is 0 Å². The van der Waals surface area contributed by atoms with Crippen LogP contribution in [0.15, 0.2) is 0 Å². The molecule has 4 rings (SSSR count). The summed E-state index contributed by atoms with van der Waals surface area (Å²) in [6, 6.07) is 0. The predicted octanol–water partition coefficient (Wildman–Crippen LogP) is 4.81. The van der Waals surface area contributed by atoms with Crippen molar-refractivity contribution in [2.45, 2.75) is 38.5 Å². The molecule has 2 nitrogen and oxygen atoms in total. The molecule has 0 saturated heterocycles. The number of halogens is 2. The van der Waals surface area contributed by atoms with E-state index >= 15 is 0 Å². The third kappa shape index (κ3) is 2.32. The molecule has 4 aliphatic rings. The van der Waals surface area contributed by atoms with Crippen LogP contribution in [0, 0.1) is 23.2 Å². The second-order valence-corrected chi connectivity index (χ2v) is 10.4. The van der Waals surface area contributed by atoms with Crippen LogP contribution < -0.4 is 0 Å². The zero-order valence-electron chi connectivity index (χ0n) is 9.20. The van der Waals surface area contributed by atoms with Gasteiger partial charge in [0, 0.05) is 0 Å². The summed E-state index contributed by atoms with van der Waals surface area (Å²) in [5.74, 6) is 2.62. The second kappa shape index (κ2) is 3.88. The monoisotopic (exact) mass is 282 g/mol. The van der Waals surface area contributed by atoms with Crippen molar-refractivity contribution in [3.05, 3.63) is 0 Å². The molecule has 0 aromatic rings. The Morgan fingerprint density at radius 3 is 1.88 bits per heavy atom. The molecular formula is C11H17Cl2O2P. The fourth-order valence-corrected chi connectivity index (χ4v) is 5.40. The highest BCUT2D eigenvalue weighted by atomic mass is 35.9. The second-order valence-electron chi connectivity index (χ2n) is 6.11. The first-order valence-electron chi connectivity index (χ1n) is 6.08. The van der Waals surface area contributed by atoms with Crippen molar-refractivity contribution in [2.75, 3.05) is 6.61 Å². The topological polar surface area (TPSA) is 26.3 Å². The summed E-state index contributed by atoms with van der Waals surface area (Å²) in [6.07, 6.45) is 4.55. The van der Waals surface area contributed by atoms with Crippen LogP contribution in [0.2, 0.25) is 0 Å². The smallest absolute Gasteiger partial charge is 0.306 e. The van der Waals surface area contributed by atoms with Crippen LogP contribution in [-0.4, -0.2) is 6.61 Å². The van der Waals surface area contributed by atoms with Gasteiger partial charge in [0.2, 0.25) is 0 Å².